The SMILES string of the molecule is C=C(C)C(=O)OCCNC(=O)Oc1ccc(C(=C(c2ccc(OC(=O)NCCOC(=O)C(=C)C)cc2)c2ccc(OC(=O)NCCOC(=O)C(=C)C)cc2)c2ccc(OC)cc2)cc1. The quantitative estimate of drug-likeness (QED) is 0.0262. The zero-order valence-corrected chi connectivity index (χ0v) is 35.9. The highest BCUT2D eigenvalue weighted by Crippen LogP contribution is 2.39. The molecular weight excluding hydrogens is 827 g/mol. The summed E-state index contributed by atoms with van der Waals surface area (Å²) in [4.78, 5) is 72.6. The summed E-state index contributed by atoms with van der Waals surface area (Å²) in [6, 6.07) is 27.7. The topological polar surface area (TPSA) is 203 Å². The van der Waals surface area contributed by atoms with E-state index in [4.69, 9.17) is 33.2 Å². The van der Waals surface area contributed by atoms with Crippen molar-refractivity contribution in [3.8, 4) is 23.0 Å². The summed E-state index contributed by atoms with van der Waals surface area (Å²) in [6.45, 7) is 15.0. The van der Waals surface area contributed by atoms with Gasteiger partial charge in [0.1, 0.15) is 42.8 Å². The van der Waals surface area contributed by atoms with Crippen LogP contribution in [-0.4, -0.2) is 82.8 Å². The fraction of sp³-hybridized carbons (Fsp3) is 0.208. The third-order valence-electron chi connectivity index (χ3n) is 8.55. The van der Waals surface area contributed by atoms with Crippen LogP contribution in [0.2, 0.25) is 0 Å². The molecular formula is C48H49N3O13. The molecule has 0 spiro atoms. The van der Waals surface area contributed by atoms with Crippen LogP contribution in [0.25, 0.3) is 11.1 Å². The molecule has 0 aliphatic heterocycles. The number of rotatable bonds is 20. The summed E-state index contributed by atoms with van der Waals surface area (Å²) in [6.07, 6.45) is -2.28. The number of ether oxygens (including phenoxy) is 7. The summed E-state index contributed by atoms with van der Waals surface area (Å²) in [7, 11) is 1.56. The third kappa shape index (κ3) is 15.4. The summed E-state index contributed by atoms with van der Waals surface area (Å²) in [5.41, 5.74) is 4.99. The molecule has 0 atom stereocenters. The van der Waals surface area contributed by atoms with Crippen LogP contribution >= 0.6 is 0 Å². The van der Waals surface area contributed by atoms with E-state index in [0.29, 0.717) is 28.0 Å². The number of carbonyl (C=O) groups is 6. The second-order valence-electron chi connectivity index (χ2n) is 13.7. The maximum absolute atomic E-state index is 12.6. The number of nitrogens with one attached hydrogen (secondary N) is 3. The highest BCUT2D eigenvalue weighted by atomic mass is 16.6. The maximum Gasteiger partial charge on any atom is 0.412 e. The number of carbonyl (C=O) groups excluding carboxylic acids is 6. The van der Waals surface area contributed by atoms with Crippen molar-refractivity contribution in [3.63, 3.8) is 0 Å². The lowest BCUT2D eigenvalue weighted by atomic mass is 9.85. The molecule has 3 N–H and O–H groups in total. The van der Waals surface area contributed by atoms with E-state index in [1.807, 2.05) is 24.3 Å². The second kappa shape index (κ2) is 24.3. The van der Waals surface area contributed by atoms with Gasteiger partial charge in [-0.05, 0) is 103 Å². The lowest BCUT2D eigenvalue weighted by molar-refractivity contribution is -0.139. The first kappa shape index (κ1) is 48.5. The van der Waals surface area contributed by atoms with Crippen molar-refractivity contribution in [1.29, 1.82) is 0 Å². The predicted molar refractivity (Wildman–Crippen MR) is 237 cm³/mol. The number of hydrogen-bond acceptors (Lipinski definition) is 13. The molecule has 0 saturated heterocycles. The van der Waals surface area contributed by atoms with Gasteiger partial charge in [0, 0.05) is 16.7 Å². The van der Waals surface area contributed by atoms with Crippen molar-refractivity contribution in [2.75, 3.05) is 46.6 Å². The Morgan fingerprint density at radius 1 is 0.406 bits per heavy atom. The molecule has 4 aromatic rings. The van der Waals surface area contributed by atoms with Gasteiger partial charge in [-0.25, -0.2) is 28.8 Å². The Morgan fingerprint density at radius 2 is 0.641 bits per heavy atom. The largest absolute Gasteiger partial charge is 0.497 e. The molecule has 16 heteroatoms. The van der Waals surface area contributed by atoms with Crippen LogP contribution in [0.15, 0.2) is 134 Å². The molecule has 0 aliphatic rings. The highest BCUT2D eigenvalue weighted by molar-refractivity contribution is 6.04. The molecule has 0 saturated carbocycles. The van der Waals surface area contributed by atoms with Gasteiger partial charge in [-0.1, -0.05) is 68.3 Å². The summed E-state index contributed by atoms with van der Waals surface area (Å²) < 4.78 is 36.9. The lowest BCUT2D eigenvalue weighted by Gasteiger charge is -2.19. The van der Waals surface area contributed by atoms with Crippen molar-refractivity contribution in [3.05, 3.63) is 156 Å². The number of hydrogen-bond donors (Lipinski definition) is 3. The van der Waals surface area contributed by atoms with Crippen LogP contribution in [0.5, 0.6) is 23.0 Å². The minimum Gasteiger partial charge on any atom is -0.497 e. The van der Waals surface area contributed by atoms with Gasteiger partial charge in [-0.15, -0.1) is 0 Å². The van der Waals surface area contributed by atoms with E-state index in [2.05, 4.69) is 35.7 Å². The minimum absolute atomic E-state index is 0.0156. The Kier molecular flexibility index (Phi) is 18.5. The van der Waals surface area contributed by atoms with E-state index in [-0.39, 0.29) is 73.4 Å². The molecule has 334 valence electrons. The van der Waals surface area contributed by atoms with Crippen molar-refractivity contribution in [1.82, 2.24) is 16.0 Å². The average molecular weight is 876 g/mol. The Hall–Kier alpha value is -8.14. The van der Waals surface area contributed by atoms with Crippen LogP contribution in [-0.2, 0) is 28.6 Å². The molecule has 64 heavy (non-hydrogen) atoms. The summed E-state index contributed by atoms with van der Waals surface area (Å²) in [5.74, 6) is -0.409. The third-order valence-corrected chi connectivity index (χ3v) is 8.55. The van der Waals surface area contributed by atoms with Crippen LogP contribution in [0.1, 0.15) is 43.0 Å². The number of benzene rings is 4. The molecule has 0 fully saturated rings. The fourth-order valence-corrected chi connectivity index (χ4v) is 5.43. The maximum atomic E-state index is 12.6. The molecule has 4 aromatic carbocycles. The van der Waals surface area contributed by atoms with E-state index in [0.717, 1.165) is 11.1 Å². The predicted octanol–water partition coefficient (Wildman–Crippen LogP) is 7.33. The average Bonchev–Trinajstić information content (AvgIpc) is 3.28. The Labute approximate surface area is 370 Å². The molecule has 0 bridgehead atoms. The molecule has 0 heterocycles. The van der Waals surface area contributed by atoms with E-state index in [1.165, 1.54) is 20.8 Å². The van der Waals surface area contributed by atoms with Crippen LogP contribution in [0.4, 0.5) is 14.4 Å². The first-order valence-electron chi connectivity index (χ1n) is 19.7. The highest BCUT2D eigenvalue weighted by Gasteiger charge is 2.19. The Bertz CT molecular complexity index is 2280. The molecule has 0 unspecified atom stereocenters. The van der Waals surface area contributed by atoms with Crippen molar-refractivity contribution >= 4 is 47.3 Å². The zero-order chi connectivity index (χ0) is 46.6. The van der Waals surface area contributed by atoms with Crippen LogP contribution in [0, 0.1) is 0 Å². The smallest absolute Gasteiger partial charge is 0.412 e. The van der Waals surface area contributed by atoms with Crippen LogP contribution < -0.4 is 34.9 Å². The van der Waals surface area contributed by atoms with Crippen molar-refractivity contribution in [2.24, 2.45) is 0 Å². The van der Waals surface area contributed by atoms with Gasteiger partial charge >= 0.3 is 36.2 Å². The molecule has 4 rings (SSSR count). The first-order chi connectivity index (χ1) is 30.6. The lowest BCUT2D eigenvalue weighted by Crippen LogP contribution is -2.30. The molecule has 0 aromatic heterocycles. The second-order valence-corrected chi connectivity index (χ2v) is 13.7. The van der Waals surface area contributed by atoms with Gasteiger partial charge in [0.25, 0.3) is 0 Å². The zero-order valence-electron chi connectivity index (χ0n) is 35.9. The van der Waals surface area contributed by atoms with Gasteiger partial charge in [0.05, 0.1) is 26.7 Å². The first-order valence-corrected chi connectivity index (χ1v) is 19.7. The summed E-state index contributed by atoms with van der Waals surface area (Å²) in [5, 5.41) is 7.59. The van der Waals surface area contributed by atoms with Gasteiger partial charge < -0.3 is 49.1 Å². The van der Waals surface area contributed by atoms with Gasteiger partial charge in [-0.2, -0.15) is 0 Å². The standard InChI is InChI=1S/C48H49N3O13/c1-30(2)43(52)59-27-24-49-46(55)62-38-18-10-34(11-19-38)41(33-8-16-37(58-7)17-9-33)42(35-12-20-39(21-13-35)63-47(56)50-25-28-60-44(53)31(3)4)36-14-22-40(23-15-36)64-48(57)51-26-29-61-45(54)32(5)6/h8-23H,1,3,5,24-29H2,2,4,6-7H3,(H,49,55)(H,50,56)(H,51,57). The van der Waals surface area contributed by atoms with Crippen molar-refractivity contribution < 1.29 is 61.9 Å². The van der Waals surface area contributed by atoms with Crippen molar-refractivity contribution in [2.45, 2.75) is 20.8 Å². The monoisotopic (exact) mass is 875 g/mol. The van der Waals surface area contributed by atoms with E-state index >= 15 is 0 Å². The normalized spacial score (nSPS) is 10.2. The number of amides is 3. The van der Waals surface area contributed by atoms with Gasteiger partial charge in [0.15, 0.2) is 0 Å². The number of methoxy groups -OCH3 is 1. The van der Waals surface area contributed by atoms with E-state index < -0.39 is 36.2 Å². The molecule has 0 aliphatic carbocycles. The Balaban J connectivity index is 1.67. The fourth-order valence-electron chi connectivity index (χ4n) is 5.43. The van der Waals surface area contributed by atoms with Gasteiger partial charge in [-0.3, -0.25) is 0 Å². The number of esters is 3. The van der Waals surface area contributed by atoms with Crippen LogP contribution in [0.3, 0.4) is 0 Å². The minimum atomic E-state index is -0.761. The van der Waals surface area contributed by atoms with E-state index in [9.17, 15) is 28.8 Å². The van der Waals surface area contributed by atoms with E-state index in [1.54, 1.807) is 79.9 Å². The summed E-state index contributed by atoms with van der Waals surface area (Å²) >= 11 is 0. The molecule has 3 amide bonds. The molecule has 0 radical (unpaired) electrons. The Morgan fingerprint density at radius 3 is 0.859 bits per heavy atom. The molecule has 16 nitrogen and oxygen atoms in total. The van der Waals surface area contributed by atoms with Gasteiger partial charge in [0.2, 0.25) is 0 Å².